The summed E-state index contributed by atoms with van der Waals surface area (Å²) in [6, 6.07) is 5.94. The maximum atomic E-state index is 9.88. The number of hydrogen-bond acceptors (Lipinski definition) is 2. The fraction of sp³-hybridized carbons (Fsp3) is 0.667. The lowest BCUT2D eigenvalue weighted by molar-refractivity contribution is 0.134. The van der Waals surface area contributed by atoms with Crippen molar-refractivity contribution in [3.63, 3.8) is 0 Å². The zero-order valence-corrected chi connectivity index (χ0v) is 13.1. The first-order valence-corrected chi connectivity index (χ1v) is 7.86. The summed E-state index contributed by atoms with van der Waals surface area (Å²) in [5.41, 5.74) is 2.13. The van der Waals surface area contributed by atoms with Gasteiger partial charge in [0, 0.05) is 0 Å². The van der Waals surface area contributed by atoms with Gasteiger partial charge in [-0.05, 0) is 66.5 Å². The third-order valence-corrected chi connectivity index (χ3v) is 6.48. The molecule has 20 heavy (non-hydrogen) atoms. The van der Waals surface area contributed by atoms with E-state index in [1.165, 1.54) is 24.8 Å². The van der Waals surface area contributed by atoms with E-state index < -0.39 is 0 Å². The molecule has 1 aromatic rings. The van der Waals surface area contributed by atoms with Gasteiger partial charge in [-0.2, -0.15) is 0 Å². The van der Waals surface area contributed by atoms with Crippen LogP contribution in [0.1, 0.15) is 58.4 Å². The van der Waals surface area contributed by atoms with Gasteiger partial charge < -0.3 is 9.84 Å². The molecule has 0 spiro atoms. The molecule has 0 radical (unpaired) electrons. The van der Waals surface area contributed by atoms with E-state index in [0.29, 0.717) is 29.1 Å². The Morgan fingerprint density at radius 1 is 1.30 bits per heavy atom. The topological polar surface area (TPSA) is 29.5 Å². The van der Waals surface area contributed by atoms with Crippen LogP contribution in [0.25, 0.3) is 0 Å². The van der Waals surface area contributed by atoms with Crippen LogP contribution in [0.15, 0.2) is 18.2 Å². The first kappa shape index (κ1) is 13.8. The molecule has 2 heteroatoms. The molecule has 2 saturated carbocycles. The maximum absolute atomic E-state index is 9.88. The number of ether oxygens (including phenoxy) is 1. The lowest BCUT2D eigenvalue weighted by atomic mass is 9.65. The number of hydrogen-bond donors (Lipinski definition) is 1. The molecule has 3 unspecified atom stereocenters. The molecule has 2 aliphatic rings. The zero-order valence-electron chi connectivity index (χ0n) is 13.1. The predicted octanol–water partition coefficient (Wildman–Crippen LogP) is 4.72. The number of phenols is 1. The summed E-state index contributed by atoms with van der Waals surface area (Å²) >= 11 is 0. The van der Waals surface area contributed by atoms with Gasteiger partial charge in [0.1, 0.15) is 0 Å². The molecule has 2 bridgehead atoms. The number of benzene rings is 1. The van der Waals surface area contributed by atoms with Gasteiger partial charge in [-0.1, -0.05) is 26.8 Å². The molecule has 0 saturated heterocycles. The second-order valence-electron chi connectivity index (χ2n) is 7.32. The van der Waals surface area contributed by atoms with Gasteiger partial charge in [-0.15, -0.1) is 0 Å². The Labute approximate surface area is 122 Å². The Hall–Kier alpha value is -1.18. The zero-order chi connectivity index (χ0) is 14.5. The third kappa shape index (κ3) is 1.70. The second kappa shape index (κ2) is 4.41. The summed E-state index contributed by atoms with van der Waals surface area (Å²) in [6.07, 6.45) is 3.97. The monoisotopic (exact) mass is 274 g/mol. The molecule has 0 aromatic heterocycles. The summed E-state index contributed by atoms with van der Waals surface area (Å²) in [7, 11) is 0. The molecule has 3 rings (SSSR count). The SMILES string of the molecule is CCOc1cc(C2CC3CCC2(C)C3(C)C)ccc1O. The standard InChI is InChI=1S/C18H26O2/c1-5-20-16-10-12(6-7-15(16)19)14-11-13-8-9-18(14,4)17(13,2)3/h6-7,10,13-14,19H,5,8-9,11H2,1-4H3. The van der Waals surface area contributed by atoms with Crippen molar-refractivity contribution in [2.75, 3.05) is 6.61 Å². The third-order valence-electron chi connectivity index (χ3n) is 6.48. The van der Waals surface area contributed by atoms with Gasteiger partial charge >= 0.3 is 0 Å². The fourth-order valence-electron chi connectivity index (χ4n) is 4.73. The van der Waals surface area contributed by atoms with E-state index in [4.69, 9.17) is 4.74 Å². The largest absolute Gasteiger partial charge is 0.504 e. The van der Waals surface area contributed by atoms with E-state index in [0.717, 1.165) is 5.92 Å². The Kier molecular flexibility index (Phi) is 3.04. The molecule has 0 aliphatic heterocycles. The molecule has 0 heterocycles. The lowest BCUT2D eigenvalue weighted by Crippen LogP contribution is -2.31. The second-order valence-corrected chi connectivity index (χ2v) is 7.32. The number of phenolic OH excluding ortho intramolecular Hbond substituents is 1. The molecule has 110 valence electrons. The van der Waals surface area contributed by atoms with Crippen molar-refractivity contribution in [3.8, 4) is 11.5 Å². The average Bonchev–Trinajstić information content (AvgIpc) is 2.74. The van der Waals surface area contributed by atoms with Crippen molar-refractivity contribution in [3.05, 3.63) is 23.8 Å². The Morgan fingerprint density at radius 3 is 2.60 bits per heavy atom. The minimum absolute atomic E-state index is 0.253. The minimum atomic E-state index is 0.253. The van der Waals surface area contributed by atoms with Crippen molar-refractivity contribution in [1.82, 2.24) is 0 Å². The quantitative estimate of drug-likeness (QED) is 0.864. The molecular weight excluding hydrogens is 248 g/mol. The highest BCUT2D eigenvalue weighted by Gasteiger charge is 2.61. The molecule has 1 N–H and O–H groups in total. The van der Waals surface area contributed by atoms with E-state index in [1.807, 2.05) is 6.92 Å². The average molecular weight is 274 g/mol. The van der Waals surface area contributed by atoms with Crippen molar-refractivity contribution >= 4 is 0 Å². The summed E-state index contributed by atoms with van der Waals surface area (Å²) in [4.78, 5) is 0. The van der Waals surface area contributed by atoms with Crippen molar-refractivity contribution in [2.24, 2.45) is 16.7 Å². The van der Waals surface area contributed by atoms with Gasteiger partial charge in [0.2, 0.25) is 0 Å². The van der Waals surface area contributed by atoms with E-state index >= 15 is 0 Å². The molecule has 2 fully saturated rings. The van der Waals surface area contributed by atoms with Gasteiger partial charge in [-0.3, -0.25) is 0 Å². The Balaban J connectivity index is 1.97. The van der Waals surface area contributed by atoms with Crippen LogP contribution in [-0.4, -0.2) is 11.7 Å². The lowest BCUT2D eigenvalue weighted by Gasteiger charge is -2.39. The number of aromatic hydroxyl groups is 1. The molecule has 3 atom stereocenters. The van der Waals surface area contributed by atoms with Gasteiger partial charge in [0.15, 0.2) is 11.5 Å². The highest BCUT2D eigenvalue weighted by molar-refractivity contribution is 5.44. The smallest absolute Gasteiger partial charge is 0.161 e. The first-order valence-electron chi connectivity index (χ1n) is 7.86. The summed E-state index contributed by atoms with van der Waals surface area (Å²) in [5.74, 6) is 2.32. The van der Waals surface area contributed by atoms with E-state index in [-0.39, 0.29) is 5.75 Å². The van der Waals surface area contributed by atoms with Crippen molar-refractivity contribution < 1.29 is 9.84 Å². The van der Waals surface area contributed by atoms with Crippen LogP contribution in [0, 0.1) is 16.7 Å². The Bertz CT molecular complexity index is 520. The summed E-state index contributed by atoms with van der Waals surface area (Å²) in [5, 5.41) is 9.88. The molecular formula is C18H26O2. The predicted molar refractivity (Wildman–Crippen MR) is 81.2 cm³/mol. The molecule has 2 nitrogen and oxygen atoms in total. The highest BCUT2D eigenvalue weighted by atomic mass is 16.5. The Morgan fingerprint density at radius 2 is 2.05 bits per heavy atom. The van der Waals surface area contributed by atoms with Crippen LogP contribution in [0.3, 0.4) is 0 Å². The van der Waals surface area contributed by atoms with Crippen molar-refractivity contribution in [1.29, 1.82) is 0 Å². The van der Waals surface area contributed by atoms with Crippen LogP contribution in [0.4, 0.5) is 0 Å². The molecule has 0 amide bonds. The summed E-state index contributed by atoms with van der Waals surface area (Å²) < 4.78 is 5.55. The normalized spacial score (nSPS) is 34.4. The van der Waals surface area contributed by atoms with Gasteiger partial charge in [0.05, 0.1) is 6.61 Å². The first-order chi connectivity index (χ1) is 9.40. The van der Waals surface area contributed by atoms with Crippen molar-refractivity contribution in [2.45, 2.75) is 52.9 Å². The number of fused-ring (bicyclic) bond motifs is 2. The van der Waals surface area contributed by atoms with E-state index in [1.54, 1.807) is 6.07 Å². The molecule has 1 aromatic carbocycles. The molecule has 2 aliphatic carbocycles. The van der Waals surface area contributed by atoms with Crippen LogP contribution in [-0.2, 0) is 0 Å². The van der Waals surface area contributed by atoms with Crippen LogP contribution in [0.5, 0.6) is 11.5 Å². The van der Waals surface area contributed by atoms with Gasteiger partial charge in [0.25, 0.3) is 0 Å². The van der Waals surface area contributed by atoms with Crippen LogP contribution < -0.4 is 4.74 Å². The minimum Gasteiger partial charge on any atom is -0.504 e. The van der Waals surface area contributed by atoms with Crippen LogP contribution >= 0.6 is 0 Å². The van der Waals surface area contributed by atoms with E-state index in [2.05, 4.69) is 32.9 Å². The maximum Gasteiger partial charge on any atom is 0.161 e. The summed E-state index contributed by atoms with van der Waals surface area (Å²) in [6.45, 7) is 9.88. The van der Waals surface area contributed by atoms with E-state index in [9.17, 15) is 5.11 Å². The van der Waals surface area contributed by atoms with Crippen LogP contribution in [0.2, 0.25) is 0 Å². The fourth-order valence-corrected chi connectivity index (χ4v) is 4.73. The number of rotatable bonds is 3. The highest BCUT2D eigenvalue weighted by Crippen LogP contribution is 2.71. The van der Waals surface area contributed by atoms with Gasteiger partial charge in [-0.25, -0.2) is 0 Å².